The summed E-state index contributed by atoms with van der Waals surface area (Å²) >= 11 is 0. The van der Waals surface area contributed by atoms with Crippen LogP contribution in [-0.4, -0.2) is 23.6 Å². The molecule has 62 valence electrons. The molecule has 3 fully saturated rings. The molecule has 1 heteroatoms. The van der Waals surface area contributed by atoms with Crippen LogP contribution in [0.15, 0.2) is 0 Å². The second kappa shape index (κ2) is 1.82. The van der Waals surface area contributed by atoms with Gasteiger partial charge in [-0.1, -0.05) is 0 Å². The third-order valence-electron chi connectivity index (χ3n) is 4.56. The van der Waals surface area contributed by atoms with E-state index in [1.807, 2.05) is 6.04 Å². The monoisotopic (exact) mass is 151 g/mol. The van der Waals surface area contributed by atoms with Gasteiger partial charge in [0.25, 0.3) is 0 Å². The van der Waals surface area contributed by atoms with Crippen LogP contribution in [0.5, 0.6) is 0 Å². The van der Waals surface area contributed by atoms with Crippen LogP contribution in [0.1, 0.15) is 38.5 Å². The maximum absolute atomic E-state index is 2.50. The molecular formula is C10H17N. The molecule has 3 heterocycles. The first-order valence-electron chi connectivity index (χ1n) is 5.03. The third kappa shape index (κ3) is 0.581. The first-order valence-corrected chi connectivity index (χ1v) is 5.03. The van der Waals surface area contributed by atoms with Crippen LogP contribution in [0.4, 0.5) is 0 Å². The lowest BCUT2D eigenvalue weighted by Gasteiger charge is -2.46. The Hall–Kier alpha value is -0.0400. The molecular weight excluding hydrogens is 134 g/mol. The first kappa shape index (κ1) is 6.47. The van der Waals surface area contributed by atoms with Crippen LogP contribution < -0.4 is 0 Å². The van der Waals surface area contributed by atoms with E-state index < -0.39 is 0 Å². The zero-order chi connectivity index (χ0) is 7.47. The standard InChI is InChI=1S/C10H17N/c1-11-8-2-3-9(11)6-7-10(11)5-4-8/h8-9H,2-7H2,1H3. The summed E-state index contributed by atoms with van der Waals surface area (Å²) in [5.74, 6) is 0. The van der Waals surface area contributed by atoms with Crippen LogP contribution >= 0.6 is 0 Å². The Balaban J connectivity index is 2.04. The summed E-state index contributed by atoms with van der Waals surface area (Å²) in [7, 11) is 2.50. The molecule has 3 rings (SSSR count). The summed E-state index contributed by atoms with van der Waals surface area (Å²) in [6, 6.07) is 3.97. The van der Waals surface area contributed by atoms with Crippen LogP contribution in [0.3, 0.4) is 0 Å². The number of quaternary nitrogens is 1. The van der Waals surface area contributed by atoms with E-state index in [0.29, 0.717) is 0 Å². The van der Waals surface area contributed by atoms with Crippen molar-refractivity contribution in [1.82, 2.24) is 0 Å². The van der Waals surface area contributed by atoms with Gasteiger partial charge in [0.05, 0.1) is 12.1 Å². The summed E-state index contributed by atoms with van der Waals surface area (Å²) in [4.78, 5) is 0. The minimum Gasteiger partial charge on any atom is -0.450 e. The van der Waals surface area contributed by atoms with Gasteiger partial charge in [-0.15, -0.1) is 18.9 Å². The average Bonchev–Trinajstić information content (AvgIpc) is 2.53. The molecule has 0 saturated carbocycles. The lowest BCUT2D eigenvalue weighted by Crippen LogP contribution is -2.46. The van der Waals surface area contributed by atoms with E-state index in [4.69, 9.17) is 0 Å². The van der Waals surface area contributed by atoms with Gasteiger partial charge in [-0.25, -0.2) is 0 Å². The van der Waals surface area contributed by atoms with Gasteiger partial charge in [0.1, 0.15) is 0 Å². The molecule has 0 aliphatic carbocycles. The zero-order valence-corrected chi connectivity index (χ0v) is 7.34. The molecule has 3 saturated heterocycles. The highest BCUT2D eigenvalue weighted by molar-refractivity contribution is 5.00. The molecule has 0 amide bonds. The third-order valence-corrected chi connectivity index (χ3v) is 4.56. The van der Waals surface area contributed by atoms with Gasteiger partial charge in [-0.2, -0.15) is 0 Å². The summed E-state index contributed by atoms with van der Waals surface area (Å²) < 4.78 is 1.42. The number of hydrogen-bond donors (Lipinski definition) is 0. The highest BCUT2D eigenvalue weighted by Gasteiger charge is 2.50. The molecule has 0 aromatic rings. The molecule has 0 radical (unpaired) electrons. The first-order chi connectivity index (χ1) is 5.32. The van der Waals surface area contributed by atoms with Gasteiger partial charge in [0.15, 0.2) is 0 Å². The minimum absolute atomic E-state index is 1.04. The Morgan fingerprint density at radius 1 is 1.00 bits per heavy atom. The van der Waals surface area contributed by atoms with E-state index >= 15 is 0 Å². The van der Waals surface area contributed by atoms with Gasteiger partial charge in [-0.05, 0) is 12.8 Å². The molecule has 0 N–H and O–H groups in total. The lowest BCUT2D eigenvalue weighted by atomic mass is 10.1. The van der Waals surface area contributed by atoms with Crippen molar-refractivity contribution in [3.8, 4) is 0 Å². The van der Waals surface area contributed by atoms with Crippen LogP contribution in [0.25, 0.3) is 0 Å². The number of rotatable bonds is 0. The Kier molecular flexibility index (Phi) is 1.07. The van der Waals surface area contributed by atoms with Crippen LogP contribution in [0.2, 0.25) is 0 Å². The fourth-order valence-electron chi connectivity index (χ4n) is 3.83. The fourth-order valence-corrected chi connectivity index (χ4v) is 3.83. The number of nitrogens with zero attached hydrogens (tertiary/aromatic N) is 1. The molecule has 11 heavy (non-hydrogen) atoms. The normalized spacial score (nSPS) is 55.4. The molecule has 2 atom stereocenters. The van der Waals surface area contributed by atoms with E-state index in [0.717, 1.165) is 12.1 Å². The molecule has 0 aromatic heterocycles. The van der Waals surface area contributed by atoms with Gasteiger partial charge in [-0.3, -0.25) is 0 Å². The van der Waals surface area contributed by atoms with Crippen LogP contribution in [-0.2, 0) is 0 Å². The van der Waals surface area contributed by atoms with Crippen molar-refractivity contribution in [2.24, 2.45) is 0 Å². The minimum atomic E-state index is 1.04. The molecule has 1 nitrogen and oxygen atoms in total. The zero-order valence-electron chi connectivity index (χ0n) is 7.34. The lowest BCUT2D eigenvalue weighted by molar-refractivity contribution is -0.910. The van der Waals surface area contributed by atoms with Gasteiger partial charge >= 0.3 is 0 Å². The van der Waals surface area contributed by atoms with Crippen molar-refractivity contribution in [2.45, 2.75) is 50.6 Å². The second-order valence-electron chi connectivity index (χ2n) is 4.68. The van der Waals surface area contributed by atoms with E-state index in [1.54, 1.807) is 0 Å². The summed E-state index contributed by atoms with van der Waals surface area (Å²) in [5.41, 5.74) is 0. The second-order valence-corrected chi connectivity index (χ2v) is 4.68. The molecule has 3 aliphatic rings. The summed E-state index contributed by atoms with van der Waals surface area (Å²) in [6.07, 6.45) is 8.95. The fraction of sp³-hybridized carbons (Fsp3) is 0.900. The smallest absolute Gasteiger partial charge is 0.0633 e. The topological polar surface area (TPSA) is 0 Å². The Morgan fingerprint density at radius 3 is 2.09 bits per heavy atom. The van der Waals surface area contributed by atoms with E-state index in [2.05, 4.69) is 7.05 Å². The summed E-state index contributed by atoms with van der Waals surface area (Å²) in [6.45, 7) is 0. The van der Waals surface area contributed by atoms with Crippen molar-refractivity contribution >= 4 is 0 Å². The van der Waals surface area contributed by atoms with Crippen molar-refractivity contribution in [1.29, 1.82) is 0 Å². The average molecular weight is 151 g/mol. The molecule has 3 aliphatic heterocycles. The Bertz CT molecular complexity index is 144. The molecule has 0 bridgehead atoms. The van der Waals surface area contributed by atoms with E-state index in [-0.39, 0.29) is 0 Å². The Labute approximate surface area is 69.0 Å². The highest BCUT2D eigenvalue weighted by atomic mass is 15.4. The van der Waals surface area contributed by atoms with E-state index in [9.17, 15) is 0 Å². The Morgan fingerprint density at radius 2 is 1.55 bits per heavy atom. The predicted octanol–water partition coefficient (Wildman–Crippen LogP) is 2.08. The van der Waals surface area contributed by atoms with Crippen molar-refractivity contribution in [2.75, 3.05) is 7.05 Å². The van der Waals surface area contributed by atoms with Gasteiger partial charge in [0.2, 0.25) is 0 Å². The molecule has 2 unspecified atom stereocenters. The highest BCUT2D eigenvalue weighted by Crippen LogP contribution is 2.54. The summed E-state index contributed by atoms with van der Waals surface area (Å²) in [5, 5.41) is 0. The van der Waals surface area contributed by atoms with Crippen molar-refractivity contribution in [3.63, 3.8) is 0 Å². The molecule has 0 aromatic carbocycles. The molecule has 0 spiro atoms. The maximum atomic E-state index is 2.50. The predicted molar refractivity (Wildman–Crippen MR) is 44.7 cm³/mol. The van der Waals surface area contributed by atoms with Gasteiger partial charge in [0, 0.05) is 19.9 Å². The van der Waals surface area contributed by atoms with E-state index in [1.165, 1.54) is 43.0 Å². The van der Waals surface area contributed by atoms with Crippen molar-refractivity contribution < 1.29 is 4.48 Å². The number of hydrogen-bond acceptors (Lipinski definition) is 0. The largest absolute Gasteiger partial charge is 0.450 e. The van der Waals surface area contributed by atoms with Crippen LogP contribution in [0, 0.1) is 6.04 Å². The maximum Gasteiger partial charge on any atom is 0.0633 e. The SMILES string of the molecule is C[N+]12[C-]3CCC1CCC2CC3. The van der Waals surface area contributed by atoms with Gasteiger partial charge < -0.3 is 4.48 Å². The quantitative estimate of drug-likeness (QED) is 0.367. The van der Waals surface area contributed by atoms with Crippen molar-refractivity contribution in [3.05, 3.63) is 6.04 Å².